The molecule has 0 aromatic heterocycles. The van der Waals surface area contributed by atoms with Crippen LogP contribution in [0.4, 0.5) is 0 Å². The Morgan fingerprint density at radius 3 is 3.00 bits per heavy atom. The standard InChI is InChI=1S/C18H26ClN3O/c1-3-20-18(21-10-7-15-8-11-23-12-9-15)22(2)14-16-5-4-6-17(19)13-16/h4-6,8,13H,3,7,9-12,14H2,1-2H3,(H,20,21). The van der Waals surface area contributed by atoms with Crippen LogP contribution in [0.1, 0.15) is 25.3 Å². The SMILES string of the molecule is CCNC(=NCCC1=CCOCC1)N(C)Cc1cccc(Cl)c1. The van der Waals surface area contributed by atoms with E-state index in [-0.39, 0.29) is 0 Å². The fourth-order valence-corrected chi connectivity index (χ4v) is 2.76. The van der Waals surface area contributed by atoms with E-state index in [4.69, 9.17) is 21.3 Å². The summed E-state index contributed by atoms with van der Waals surface area (Å²) >= 11 is 6.06. The molecule has 23 heavy (non-hydrogen) atoms. The third-order valence-electron chi connectivity index (χ3n) is 3.76. The van der Waals surface area contributed by atoms with Crippen LogP contribution in [0.15, 0.2) is 40.9 Å². The summed E-state index contributed by atoms with van der Waals surface area (Å²) < 4.78 is 5.34. The van der Waals surface area contributed by atoms with Crippen LogP contribution in [0.3, 0.4) is 0 Å². The van der Waals surface area contributed by atoms with Crippen LogP contribution in [0.2, 0.25) is 5.02 Å². The molecule has 0 bridgehead atoms. The first kappa shape index (κ1) is 17.8. The van der Waals surface area contributed by atoms with Crippen molar-refractivity contribution in [2.24, 2.45) is 4.99 Å². The van der Waals surface area contributed by atoms with Crippen LogP contribution < -0.4 is 5.32 Å². The zero-order valence-electron chi connectivity index (χ0n) is 14.0. The average Bonchev–Trinajstić information content (AvgIpc) is 2.55. The van der Waals surface area contributed by atoms with Crippen molar-refractivity contribution in [2.75, 3.05) is 33.4 Å². The Labute approximate surface area is 144 Å². The molecule has 1 aromatic rings. The van der Waals surface area contributed by atoms with Gasteiger partial charge in [-0.15, -0.1) is 0 Å². The smallest absolute Gasteiger partial charge is 0.193 e. The molecule has 0 saturated heterocycles. The van der Waals surface area contributed by atoms with Crippen molar-refractivity contribution in [1.82, 2.24) is 10.2 Å². The number of guanidine groups is 1. The van der Waals surface area contributed by atoms with Crippen molar-refractivity contribution in [3.63, 3.8) is 0 Å². The highest BCUT2D eigenvalue weighted by atomic mass is 35.5. The third-order valence-corrected chi connectivity index (χ3v) is 3.99. The Balaban J connectivity index is 1.92. The Kier molecular flexibility index (Phi) is 7.43. The molecule has 126 valence electrons. The molecule has 0 saturated carbocycles. The van der Waals surface area contributed by atoms with Crippen LogP contribution in [-0.4, -0.2) is 44.2 Å². The first-order chi connectivity index (χ1) is 11.2. The van der Waals surface area contributed by atoms with Crippen LogP contribution in [-0.2, 0) is 11.3 Å². The van der Waals surface area contributed by atoms with E-state index in [1.807, 2.05) is 18.2 Å². The van der Waals surface area contributed by atoms with Gasteiger partial charge in [-0.1, -0.05) is 35.4 Å². The highest BCUT2D eigenvalue weighted by Crippen LogP contribution is 2.13. The summed E-state index contributed by atoms with van der Waals surface area (Å²) in [7, 11) is 2.05. The first-order valence-electron chi connectivity index (χ1n) is 8.18. The molecule has 2 rings (SSSR count). The lowest BCUT2D eigenvalue weighted by Crippen LogP contribution is -2.38. The molecule has 1 aliphatic heterocycles. The van der Waals surface area contributed by atoms with Crippen molar-refractivity contribution in [3.8, 4) is 0 Å². The molecule has 0 unspecified atom stereocenters. The number of hydrogen-bond donors (Lipinski definition) is 1. The van der Waals surface area contributed by atoms with E-state index in [0.717, 1.165) is 56.7 Å². The van der Waals surface area contributed by atoms with Gasteiger partial charge in [-0.25, -0.2) is 0 Å². The van der Waals surface area contributed by atoms with E-state index in [1.54, 1.807) is 0 Å². The Bertz CT molecular complexity index is 557. The molecule has 0 amide bonds. The van der Waals surface area contributed by atoms with Gasteiger partial charge in [0, 0.05) is 31.7 Å². The lowest BCUT2D eigenvalue weighted by molar-refractivity contribution is 0.153. The number of nitrogens with zero attached hydrogens (tertiary/aromatic N) is 2. The van der Waals surface area contributed by atoms with E-state index in [9.17, 15) is 0 Å². The predicted octanol–water partition coefficient (Wildman–Crippen LogP) is 3.47. The topological polar surface area (TPSA) is 36.9 Å². The summed E-state index contributed by atoms with van der Waals surface area (Å²) in [5, 5.41) is 4.12. The van der Waals surface area contributed by atoms with Crippen LogP contribution in [0.25, 0.3) is 0 Å². The van der Waals surface area contributed by atoms with Crippen molar-refractivity contribution >= 4 is 17.6 Å². The van der Waals surface area contributed by atoms with Gasteiger partial charge in [0.1, 0.15) is 0 Å². The second-order valence-corrected chi connectivity index (χ2v) is 6.10. The molecule has 1 aliphatic rings. The molecule has 0 spiro atoms. The Hall–Kier alpha value is -1.52. The molecule has 0 radical (unpaired) electrons. The minimum absolute atomic E-state index is 0.744. The highest BCUT2D eigenvalue weighted by molar-refractivity contribution is 6.30. The molecule has 0 aliphatic carbocycles. The van der Waals surface area contributed by atoms with Crippen molar-refractivity contribution < 1.29 is 4.74 Å². The number of aliphatic imine (C=N–C) groups is 1. The molecule has 0 fully saturated rings. The molecular formula is C18H26ClN3O. The number of benzene rings is 1. The fourth-order valence-electron chi connectivity index (χ4n) is 2.55. The van der Waals surface area contributed by atoms with Crippen molar-refractivity contribution in [3.05, 3.63) is 46.5 Å². The number of halogens is 1. The van der Waals surface area contributed by atoms with Gasteiger partial charge >= 0.3 is 0 Å². The molecule has 4 nitrogen and oxygen atoms in total. The molecule has 1 heterocycles. The van der Waals surface area contributed by atoms with Gasteiger partial charge in [-0.3, -0.25) is 4.99 Å². The number of rotatable bonds is 6. The van der Waals surface area contributed by atoms with Gasteiger partial charge in [-0.05, 0) is 37.5 Å². The van der Waals surface area contributed by atoms with Gasteiger partial charge < -0.3 is 15.0 Å². The molecule has 1 aromatic carbocycles. The second-order valence-electron chi connectivity index (χ2n) is 5.66. The summed E-state index contributed by atoms with van der Waals surface area (Å²) in [5.41, 5.74) is 2.63. The van der Waals surface area contributed by atoms with E-state index in [1.165, 1.54) is 11.1 Å². The van der Waals surface area contributed by atoms with Gasteiger partial charge in [0.2, 0.25) is 0 Å². The summed E-state index contributed by atoms with van der Waals surface area (Å²) in [6, 6.07) is 7.95. The number of ether oxygens (including phenoxy) is 1. The van der Waals surface area contributed by atoms with Gasteiger partial charge in [0.15, 0.2) is 5.96 Å². The van der Waals surface area contributed by atoms with E-state index < -0.39 is 0 Å². The quantitative estimate of drug-likeness (QED) is 0.491. The van der Waals surface area contributed by atoms with Gasteiger partial charge in [0.25, 0.3) is 0 Å². The minimum Gasteiger partial charge on any atom is -0.377 e. The highest BCUT2D eigenvalue weighted by Gasteiger charge is 2.08. The van der Waals surface area contributed by atoms with Gasteiger partial charge in [0.05, 0.1) is 13.2 Å². The summed E-state index contributed by atoms with van der Waals surface area (Å²) in [6.07, 6.45) is 4.22. The Morgan fingerprint density at radius 1 is 1.43 bits per heavy atom. The lowest BCUT2D eigenvalue weighted by atomic mass is 10.1. The summed E-state index contributed by atoms with van der Waals surface area (Å²) in [4.78, 5) is 6.88. The maximum Gasteiger partial charge on any atom is 0.193 e. The van der Waals surface area contributed by atoms with Crippen molar-refractivity contribution in [1.29, 1.82) is 0 Å². The molecule has 5 heteroatoms. The van der Waals surface area contributed by atoms with Gasteiger partial charge in [-0.2, -0.15) is 0 Å². The normalized spacial score (nSPS) is 15.3. The van der Waals surface area contributed by atoms with E-state index >= 15 is 0 Å². The van der Waals surface area contributed by atoms with Crippen molar-refractivity contribution in [2.45, 2.75) is 26.3 Å². The monoisotopic (exact) mass is 335 g/mol. The van der Waals surface area contributed by atoms with E-state index in [0.29, 0.717) is 0 Å². The Morgan fingerprint density at radius 2 is 2.30 bits per heavy atom. The second kappa shape index (κ2) is 9.58. The van der Waals surface area contributed by atoms with Crippen LogP contribution in [0.5, 0.6) is 0 Å². The maximum absolute atomic E-state index is 6.06. The average molecular weight is 336 g/mol. The molecular weight excluding hydrogens is 310 g/mol. The van der Waals surface area contributed by atoms with Crippen LogP contribution >= 0.6 is 11.6 Å². The molecule has 0 atom stereocenters. The number of hydrogen-bond acceptors (Lipinski definition) is 2. The van der Waals surface area contributed by atoms with E-state index in [2.05, 4.69) is 36.3 Å². The van der Waals surface area contributed by atoms with Crippen LogP contribution in [0, 0.1) is 0 Å². The third kappa shape index (κ3) is 6.24. The largest absolute Gasteiger partial charge is 0.377 e. The predicted molar refractivity (Wildman–Crippen MR) is 97.0 cm³/mol. The zero-order chi connectivity index (χ0) is 16.5. The first-order valence-corrected chi connectivity index (χ1v) is 8.56. The fraction of sp³-hybridized carbons (Fsp3) is 0.500. The maximum atomic E-state index is 6.06. The summed E-state index contributed by atoms with van der Waals surface area (Å²) in [6.45, 7) is 6.11. The number of nitrogens with one attached hydrogen (secondary N) is 1. The molecule has 1 N–H and O–H groups in total. The minimum atomic E-state index is 0.744. The lowest BCUT2D eigenvalue weighted by Gasteiger charge is -2.22. The summed E-state index contributed by atoms with van der Waals surface area (Å²) in [5.74, 6) is 0.931. The zero-order valence-corrected chi connectivity index (χ0v) is 14.8.